The van der Waals surface area contributed by atoms with Crippen LogP contribution < -0.4 is 5.32 Å². The van der Waals surface area contributed by atoms with E-state index in [4.69, 9.17) is 21.4 Å². The molecule has 3 aromatic carbocycles. The van der Waals surface area contributed by atoms with Gasteiger partial charge in [-0.1, -0.05) is 53.6 Å². The normalized spacial score (nSPS) is 15.4. The summed E-state index contributed by atoms with van der Waals surface area (Å²) in [4.78, 5) is 35.1. The van der Waals surface area contributed by atoms with E-state index >= 15 is 0 Å². The van der Waals surface area contributed by atoms with Crippen LogP contribution in [0.4, 0.5) is 0 Å². The first kappa shape index (κ1) is 26.7. The summed E-state index contributed by atoms with van der Waals surface area (Å²) in [5.41, 5.74) is 6.24. The van der Waals surface area contributed by atoms with E-state index < -0.39 is 13.2 Å². The number of nitrogens with one attached hydrogen (secondary N) is 2. The molecule has 38 heavy (non-hydrogen) atoms. The van der Waals surface area contributed by atoms with Crippen molar-refractivity contribution in [3.05, 3.63) is 105 Å². The van der Waals surface area contributed by atoms with Crippen LogP contribution in [0, 0.1) is 13.8 Å². The van der Waals surface area contributed by atoms with E-state index in [0.717, 1.165) is 57.1 Å². The summed E-state index contributed by atoms with van der Waals surface area (Å²) in [5, 5.41) is 4.86. The van der Waals surface area contributed by atoms with Gasteiger partial charge in [0.2, 0.25) is 5.91 Å². The first-order chi connectivity index (χ1) is 18.1. The van der Waals surface area contributed by atoms with Gasteiger partial charge in [-0.2, -0.15) is 0 Å². The number of rotatable bonds is 9. The van der Waals surface area contributed by atoms with Crippen molar-refractivity contribution in [3.8, 4) is 0 Å². The minimum absolute atomic E-state index is 0.0382. The quantitative estimate of drug-likeness (QED) is 0.190. The Labute approximate surface area is 226 Å². The van der Waals surface area contributed by atoms with E-state index in [1.807, 2.05) is 55.6 Å². The molecule has 4 N–H and O–H groups in total. The zero-order valence-corrected chi connectivity index (χ0v) is 22.9. The summed E-state index contributed by atoms with van der Waals surface area (Å²) in [6.07, 6.45) is 3.62. The first-order valence-electron chi connectivity index (χ1n) is 12.5. The summed E-state index contributed by atoms with van der Waals surface area (Å²) < 4.78 is 15.7. The maximum Gasteiger partial charge on any atom is 0.469 e. The number of carbonyl (C=O) groups is 1. The summed E-state index contributed by atoms with van der Waals surface area (Å²) >= 11 is 6.33. The Kier molecular flexibility index (Phi) is 7.25. The van der Waals surface area contributed by atoms with Crippen LogP contribution in [0.2, 0.25) is 5.02 Å². The molecule has 1 aliphatic carbocycles. The smallest absolute Gasteiger partial charge is 0.361 e. The Hall–Kier alpha value is -2.93. The molecule has 1 saturated carbocycles. The van der Waals surface area contributed by atoms with Crippen molar-refractivity contribution in [1.29, 1.82) is 0 Å². The highest BCUT2D eigenvalue weighted by atomic mass is 35.5. The maximum atomic E-state index is 13.9. The Morgan fingerprint density at radius 3 is 2.61 bits per heavy atom. The lowest BCUT2D eigenvalue weighted by Crippen LogP contribution is -2.38. The molecular weight excluding hydrogens is 523 g/mol. The van der Waals surface area contributed by atoms with Gasteiger partial charge in [-0.3, -0.25) is 9.32 Å². The summed E-state index contributed by atoms with van der Waals surface area (Å²) in [6, 6.07) is 19.4. The van der Waals surface area contributed by atoms with Crippen LogP contribution in [0.25, 0.3) is 10.9 Å². The fourth-order valence-corrected chi connectivity index (χ4v) is 5.70. The van der Waals surface area contributed by atoms with Crippen LogP contribution in [0.5, 0.6) is 0 Å². The van der Waals surface area contributed by atoms with Crippen molar-refractivity contribution in [3.63, 3.8) is 0 Å². The van der Waals surface area contributed by atoms with Gasteiger partial charge in [0.15, 0.2) is 0 Å². The number of hydrogen-bond donors (Lipinski definition) is 4. The van der Waals surface area contributed by atoms with Crippen LogP contribution in [0.1, 0.15) is 52.3 Å². The number of amides is 1. The number of phosphoric acid groups is 1. The molecule has 9 heteroatoms. The summed E-state index contributed by atoms with van der Waals surface area (Å²) in [6.45, 7) is 3.99. The maximum absolute atomic E-state index is 13.9. The molecule has 5 rings (SSSR count). The van der Waals surface area contributed by atoms with E-state index in [1.54, 1.807) is 0 Å². The van der Waals surface area contributed by atoms with Gasteiger partial charge in [-0.25, -0.2) is 4.57 Å². The molecule has 1 unspecified atom stereocenters. The third-order valence-corrected chi connectivity index (χ3v) is 8.08. The van der Waals surface area contributed by atoms with Gasteiger partial charge in [-0.15, -0.1) is 0 Å². The second kappa shape index (κ2) is 10.3. The van der Waals surface area contributed by atoms with Crippen molar-refractivity contribution >= 4 is 36.2 Å². The van der Waals surface area contributed by atoms with Gasteiger partial charge in [-0.05, 0) is 85.2 Å². The zero-order chi connectivity index (χ0) is 27.1. The molecular formula is C29H30ClN2O5P. The standard InChI is InChI=1S/C29H30ClN2O5P/c1-18-6-8-24(19(2)14-18)27(20-4-3-5-23(30)15-20)32-28(33)29(11-12-29)22-7-9-26-25(16-22)21(17-31-26)10-13-37-38(34,35)36/h3-9,14-17,27,31H,10-13H2,1-2H3,(H,32,33)(H2,34,35,36). The molecule has 0 spiro atoms. The Morgan fingerprint density at radius 1 is 1.13 bits per heavy atom. The SMILES string of the molecule is Cc1ccc(C(NC(=O)C2(c3ccc4[nH]cc(CCOP(=O)(O)O)c4c3)CC2)c2cccc(Cl)c2)c(C)c1. The fraction of sp³-hybridized carbons (Fsp3) is 0.276. The number of aromatic amines is 1. The highest BCUT2D eigenvalue weighted by molar-refractivity contribution is 7.46. The lowest BCUT2D eigenvalue weighted by atomic mass is 9.90. The van der Waals surface area contributed by atoms with E-state index in [-0.39, 0.29) is 18.6 Å². The number of aromatic nitrogens is 1. The van der Waals surface area contributed by atoms with Gasteiger partial charge >= 0.3 is 7.82 Å². The third kappa shape index (κ3) is 5.58. The zero-order valence-electron chi connectivity index (χ0n) is 21.2. The molecule has 1 aromatic heterocycles. The molecule has 198 valence electrons. The topological polar surface area (TPSA) is 112 Å². The van der Waals surface area contributed by atoms with Gasteiger partial charge in [0.05, 0.1) is 18.1 Å². The highest BCUT2D eigenvalue weighted by Gasteiger charge is 2.52. The minimum Gasteiger partial charge on any atom is -0.361 e. The molecule has 0 bridgehead atoms. The molecule has 4 aromatic rings. The number of benzene rings is 3. The Morgan fingerprint density at radius 2 is 1.92 bits per heavy atom. The largest absolute Gasteiger partial charge is 0.469 e. The molecule has 0 radical (unpaired) electrons. The minimum atomic E-state index is -4.53. The monoisotopic (exact) mass is 552 g/mol. The van der Waals surface area contributed by atoms with Gasteiger partial charge in [0, 0.05) is 22.1 Å². The molecule has 1 amide bonds. The van der Waals surface area contributed by atoms with Crippen LogP contribution >= 0.6 is 19.4 Å². The van der Waals surface area contributed by atoms with Crippen LogP contribution in [-0.4, -0.2) is 27.3 Å². The van der Waals surface area contributed by atoms with E-state index in [1.165, 1.54) is 0 Å². The highest BCUT2D eigenvalue weighted by Crippen LogP contribution is 2.50. The number of carbonyl (C=O) groups excluding carboxylic acids is 1. The van der Waals surface area contributed by atoms with E-state index in [2.05, 4.69) is 39.9 Å². The predicted molar refractivity (Wildman–Crippen MR) is 148 cm³/mol. The first-order valence-corrected chi connectivity index (χ1v) is 14.4. The molecule has 1 atom stereocenters. The average molecular weight is 553 g/mol. The molecule has 1 aliphatic rings. The summed E-state index contributed by atoms with van der Waals surface area (Å²) in [7, 11) is -4.53. The van der Waals surface area contributed by atoms with Crippen molar-refractivity contribution in [2.75, 3.05) is 6.61 Å². The van der Waals surface area contributed by atoms with Crippen molar-refractivity contribution < 1.29 is 23.7 Å². The second-order valence-electron chi connectivity index (χ2n) is 10.1. The Bertz CT molecular complexity index is 1560. The number of aryl methyl sites for hydroxylation is 2. The van der Waals surface area contributed by atoms with Crippen LogP contribution in [-0.2, 0) is 25.7 Å². The molecule has 0 aliphatic heterocycles. The van der Waals surface area contributed by atoms with Gasteiger partial charge in [0.25, 0.3) is 0 Å². The molecule has 1 fully saturated rings. The molecule has 7 nitrogen and oxygen atoms in total. The number of fused-ring (bicyclic) bond motifs is 1. The second-order valence-corrected chi connectivity index (χ2v) is 11.7. The predicted octanol–water partition coefficient (Wildman–Crippen LogP) is 6.03. The van der Waals surface area contributed by atoms with E-state index in [9.17, 15) is 9.36 Å². The molecule has 0 saturated heterocycles. The lowest BCUT2D eigenvalue weighted by Gasteiger charge is -2.25. The van der Waals surface area contributed by atoms with E-state index in [0.29, 0.717) is 11.4 Å². The number of hydrogen-bond acceptors (Lipinski definition) is 3. The van der Waals surface area contributed by atoms with Crippen LogP contribution in [0.15, 0.2) is 66.9 Å². The fourth-order valence-electron chi connectivity index (χ4n) is 5.17. The molecule has 1 heterocycles. The number of H-pyrrole nitrogens is 1. The van der Waals surface area contributed by atoms with Crippen LogP contribution in [0.3, 0.4) is 0 Å². The van der Waals surface area contributed by atoms with Crippen molar-refractivity contribution in [2.24, 2.45) is 0 Å². The average Bonchev–Trinajstić information content (AvgIpc) is 3.58. The summed E-state index contributed by atoms with van der Waals surface area (Å²) in [5.74, 6) is -0.0382. The van der Waals surface area contributed by atoms with Crippen molar-refractivity contribution in [2.45, 2.75) is 44.6 Å². The van der Waals surface area contributed by atoms with Crippen molar-refractivity contribution in [1.82, 2.24) is 10.3 Å². The van der Waals surface area contributed by atoms with Gasteiger partial charge in [0.1, 0.15) is 0 Å². The lowest BCUT2D eigenvalue weighted by molar-refractivity contribution is -0.124. The third-order valence-electron chi connectivity index (χ3n) is 7.33. The van der Waals surface area contributed by atoms with Gasteiger partial charge < -0.3 is 20.1 Å². The number of halogens is 1. The Balaban J connectivity index is 1.44. The number of phosphoric ester groups is 1.